The van der Waals surface area contributed by atoms with Gasteiger partial charge in [-0.3, -0.25) is 0 Å². The molecule has 0 bridgehead atoms. The highest BCUT2D eigenvalue weighted by Crippen LogP contribution is 2.28. The van der Waals surface area contributed by atoms with Crippen LogP contribution in [0.3, 0.4) is 0 Å². The Balaban J connectivity index is 2.57. The smallest absolute Gasteiger partial charge is 0.163 e. The Hall–Kier alpha value is -1.74. The second-order valence-corrected chi connectivity index (χ2v) is 4.65. The van der Waals surface area contributed by atoms with E-state index in [-0.39, 0.29) is 6.04 Å². The number of aryl methyl sites for hydroxylation is 1. The first-order chi connectivity index (χ1) is 9.06. The Morgan fingerprint density at radius 3 is 2.26 bits per heavy atom. The van der Waals surface area contributed by atoms with Gasteiger partial charge < -0.3 is 5.32 Å². The van der Waals surface area contributed by atoms with E-state index >= 15 is 0 Å². The minimum Gasteiger partial charge on any atom is -0.309 e. The van der Waals surface area contributed by atoms with Crippen LogP contribution in [0.4, 0.5) is 8.78 Å². The Morgan fingerprint density at radius 1 is 0.947 bits per heavy atom. The fourth-order valence-electron chi connectivity index (χ4n) is 2.31. The first kappa shape index (κ1) is 13.7. The monoisotopic (exact) mass is 261 g/mol. The van der Waals surface area contributed by atoms with Crippen LogP contribution in [0.15, 0.2) is 36.4 Å². The van der Waals surface area contributed by atoms with Gasteiger partial charge in [-0.05, 0) is 43.7 Å². The lowest BCUT2D eigenvalue weighted by Gasteiger charge is -2.21. The highest BCUT2D eigenvalue weighted by Gasteiger charge is 2.20. The van der Waals surface area contributed by atoms with Gasteiger partial charge in [-0.15, -0.1) is 0 Å². The molecule has 0 heterocycles. The van der Waals surface area contributed by atoms with E-state index in [1.807, 2.05) is 32.0 Å². The van der Waals surface area contributed by atoms with E-state index in [1.165, 1.54) is 6.07 Å². The Bertz CT molecular complexity index is 542. The van der Waals surface area contributed by atoms with Crippen molar-refractivity contribution >= 4 is 0 Å². The van der Waals surface area contributed by atoms with Crippen molar-refractivity contribution in [3.8, 4) is 0 Å². The highest BCUT2D eigenvalue weighted by atomic mass is 19.2. The van der Waals surface area contributed by atoms with Gasteiger partial charge in [0.25, 0.3) is 0 Å². The van der Waals surface area contributed by atoms with Crippen LogP contribution >= 0.6 is 0 Å². The summed E-state index contributed by atoms with van der Waals surface area (Å²) < 4.78 is 27.3. The molecule has 1 atom stereocenters. The maximum Gasteiger partial charge on any atom is 0.163 e. The molecule has 0 saturated heterocycles. The van der Waals surface area contributed by atoms with Crippen molar-refractivity contribution in [3.05, 3.63) is 70.3 Å². The van der Waals surface area contributed by atoms with Crippen LogP contribution in [-0.2, 0) is 0 Å². The van der Waals surface area contributed by atoms with E-state index in [1.54, 1.807) is 13.1 Å². The number of hydrogen-bond donors (Lipinski definition) is 1. The molecule has 0 aliphatic rings. The molecule has 2 rings (SSSR count). The van der Waals surface area contributed by atoms with Crippen molar-refractivity contribution in [2.75, 3.05) is 7.05 Å². The molecule has 1 unspecified atom stereocenters. The fourth-order valence-corrected chi connectivity index (χ4v) is 2.31. The molecule has 0 saturated carbocycles. The fraction of sp³-hybridized carbons (Fsp3) is 0.250. The van der Waals surface area contributed by atoms with Gasteiger partial charge in [0.1, 0.15) is 0 Å². The van der Waals surface area contributed by atoms with E-state index < -0.39 is 11.6 Å². The molecule has 0 spiro atoms. The van der Waals surface area contributed by atoms with Gasteiger partial charge in [0.15, 0.2) is 11.6 Å². The normalized spacial score (nSPS) is 12.5. The van der Waals surface area contributed by atoms with Crippen molar-refractivity contribution in [2.45, 2.75) is 19.9 Å². The van der Waals surface area contributed by atoms with Crippen molar-refractivity contribution < 1.29 is 8.78 Å². The molecule has 1 nitrogen and oxygen atoms in total. The lowest BCUT2D eigenvalue weighted by molar-refractivity contribution is 0.487. The number of benzene rings is 2. The number of rotatable bonds is 3. The molecule has 0 fully saturated rings. The summed E-state index contributed by atoms with van der Waals surface area (Å²) in [4.78, 5) is 0. The molecule has 3 heteroatoms. The summed E-state index contributed by atoms with van der Waals surface area (Å²) in [5.41, 5.74) is 3.52. The third kappa shape index (κ3) is 2.51. The Labute approximate surface area is 112 Å². The van der Waals surface area contributed by atoms with E-state index in [0.29, 0.717) is 5.56 Å². The summed E-state index contributed by atoms with van der Waals surface area (Å²) in [6.07, 6.45) is 0. The van der Waals surface area contributed by atoms with Crippen LogP contribution < -0.4 is 5.32 Å². The van der Waals surface area contributed by atoms with Crippen molar-refractivity contribution in [1.29, 1.82) is 0 Å². The standard InChI is InChI=1S/C16H17F2N/c1-10-6-4-7-12(11(10)2)16(19-3)13-8-5-9-14(17)15(13)18/h4-9,16,19H,1-3H3. The zero-order chi connectivity index (χ0) is 14.0. The quantitative estimate of drug-likeness (QED) is 0.883. The van der Waals surface area contributed by atoms with Crippen molar-refractivity contribution in [3.63, 3.8) is 0 Å². The summed E-state index contributed by atoms with van der Waals surface area (Å²) >= 11 is 0. The van der Waals surface area contributed by atoms with Crippen LogP contribution in [-0.4, -0.2) is 7.05 Å². The Kier molecular flexibility index (Phi) is 3.96. The SMILES string of the molecule is CNC(c1cccc(C)c1C)c1cccc(F)c1F. The predicted octanol–water partition coefficient (Wildman–Crippen LogP) is 3.89. The van der Waals surface area contributed by atoms with Gasteiger partial charge in [-0.2, -0.15) is 0 Å². The van der Waals surface area contributed by atoms with Crippen LogP contribution in [0.25, 0.3) is 0 Å². The summed E-state index contributed by atoms with van der Waals surface area (Å²) in [5.74, 6) is -1.61. The minimum atomic E-state index is -0.817. The van der Waals surface area contributed by atoms with Crippen LogP contribution in [0.5, 0.6) is 0 Å². The molecule has 0 amide bonds. The molecular weight excluding hydrogens is 244 g/mol. The van der Waals surface area contributed by atoms with E-state index in [2.05, 4.69) is 5.32 Å². The minimum absolute atomic E-state index is 0.330. The van der Waals surface area contributed by atoms with Crippen LogP contribution in [0.1, 0.15) is 28.3 Å². The van der Waals surface area contributed by atoms with Crippen molar-refractivity contribution in [1.82, 2.24) is 5.32 Å². The first-order valence-corrected chi connectivity index (χ1v) is 6.23. The topological polar surface area (TPSA) is 12.0 Å². The van der Waals surface area contributed by atoms with Gasteiger partial charge >= 0.3 is 0 Å². The van der Waals surface area contributed by atoms with E-state index in [4.69, 9.17) is 0 Å². The Morgan fingerprint density at radius 2 is 1.58 bits per heavy atom. The van der Waals surface area contributed by atoms with Gasteiger partial charge in [0, 0.05) is 5.56 Å². The van der Waals surface area contributed by atoms with Gasteiger partial charge in [-0.1, -0.05) is 30.3 Å². The predicted molar refractivity (Wildman–Crippen MR) is 73.2 cm³/mol. The molecule has 2 aromatic carbocycles. The molecule has 100 valence electrons. The summed E-state index contributed by atoms with van der Waals surface area (Å²) in [7, 11) is 1.75. The molecule has 0 aliphatic carbocycles. The van der Waals surface area contributed by atoms with Crippen LogP contribution in [0.2, 0.25) is 0 Å². The zero-order valence-electron chi connectivity index (χ0n) is 11.3. The first-order valence-electron chi connectivity index (χ1n) is 6.23. The molecule has 2 aromatic rings. The maximum atomic E-state index is 13.9. The largest absolute Gasteiger partial charge is 0.309 e. The number of nitrogens with one attached hydrogen (secondary N) is 1. The maximum absolute atomic E-state index is 13.9. The van der Waals surface area contributed by atoms with Gasteiger partial charge in [0.2, 0.25) is 0 Å². The lowest BCUT2D eigenvalue weighted by atomic mass is 9.92. The molecule has 1 N–H and O–H groups in total. The zero-order valence-corrected chi connectivity index (χ0v) is 11.3. The second-order valence-electron chi connectivity index (χ2n) is 4.65. The average Bonchev–Trinajstić information content (AvgIpc) is 2.40. The number of hydrogen-bond acceptors (Lipinski definition) is 1. The highest BCUT2D eigenvalue weighted by molar-refractivity contribution is 5.41. The molecular formula is C16H17F2N. The van der Waals surface area contributed by atoms with E-state index in [0.717, 1.165) is 22.8 Å². The molecule has 0 radical (unpaired) electrons. The third-order valence-electron chi connectivity index (χ3n) is 3.54. The van der Waals surface area contributed by atoms with Crippen LogP contribution in [0, 0.1) is 25.5 Å². The molecule has 0 aliphatic heterocycles. The molecule has 0 aromatic heterocycles. The van der Waals surface area contributed by atoms with Gasteiger partial charge in [0.05, 0.1) is 6.04 Å². The summed E-state index contributed by atoms with van der Waals surface area (Å²) in [6, 6.07) is 9.80. The summed E-state index contributed by atoms with van der Waals surface area (Å²) in [6.45, 7) is 4.00. The lowest BCUT2D eigenvalue weighted by Crippen LogP contribution is -2.20. The van der Waals surface area contributed by atoms with E-state index in [9.17, 15) is 8.78 Å². The number of halogens is 2. The third-order valence-corrected chi connectivity index (χ3v) is 3.54. The second kappa shape index (κ2) is 5.49. The van der Waals surface area contributed by atoms with Crippen molar-refractivity contribution in [2.24, 2.45) is 0 Å². The van der Waals surface area contributed by atoms with Gasteiger partial charge in [-0.25, -0.2) is 8.78 Å². The average molecular weight is 261 g/mol. The summed E-state index contributed by atoms with van der Waals surface area (Å²) in [5, 5.41) is 3.06. The molecule has 19 heavy (non-hydrogen) atoms.